The number of carboxylic acids is 2. The van der Waals surface area contributed by atoms with E-state index in [0.717, 1.165) is 12.4 Å². The lowest BCUT2D eigenvalue weighted by Gasteiger charge is -2.01. The Morgan fingerprint density at radius 2 is 1.04 bits per heavy atom. The highest BCUT2D eigenvalue weighted by molar-refractivity contribution is 6.35. The highest BCUT2D eigenvalue weighted by atomic mass is 16.4. The summed E-state index contributed by atoms with van der Waals surface area (Å²) in [6.45, 7) is 0. The van der Waals surface area contributed by atoms with Gasteiger partial charge >= 0.3 is 23.8 Å². The van der Waals surface area contributed by atoms with E-state index < -0.39 is 23.8 Å². The summed E-state index contributed by atoms with van der Waals surface area (Å²) in [5.74, 6) is -4.62. The van der Waals surface area contributed by atoms with Crippen LogP contribution in [0.1, 0.15) is 31.8 Å². The summed E-state index contributed by atoms with van der Waals surface area (Å²) in [4.78, 5) is 45.4. The number of carbonyl (C=O) groups excluding carboxylic acids is 2. The Morgan fingerprint density at radius 1 is 0.679 bits per heavy atom. The van der Waals surface area contributed by atoms with Gasteiger partial charge in [0.2, 0.25) is 0 Å². The van der Waals surface area contributed by atoms with Gasteiger partial charge in [-0.3, -0.25) is 9.59 Å². The number of aromatic carboxylic acids is 2. The molecule has 0 spiro atoms. The van der Waals surface area contributed by atoms with Crippen LogP contribution in [0.15, 0.2) is 58.7 Å². The first kappa shape index (κ1) is 20.0. The molecule has 0 saturated heterocycles. The molecule has 0 aliphatic rings. The maximum Gasteiger partial charge on any atom is 0.336 e. The van der Waals surface area contributed by atoms with Crippen molar-refractivity contribution in [2.45, 2.75) is 0 Å². The number of hydrazone groups is 2. The molecule has 0 aromatic heterocycles. The van der Waals surface area contributed by atoms with Gasteiger partial charge in [0.1, 0.15) is 0 Å². The average molecular weight is 382 g/mol. The molecule has 0 atom stereocenters. The second-order valence-electron chi connectivity index (χ2n) is 5.18. The molecule has 0 bridgehead atoms. The first-order valence-electron chi connectivity index (χ1n) is 7.71. The number of rotatable bonds is 6. The molecule has 0 unspecified atom stereocenters. The van der Waals surface area contributed by atoms with Crippen molar-refractivity contribution in [3.05, 3.63) is 70.8 Å². The third-order valence-electron chi connectivity index (χ3n) is 3.33. The van der Waals surface area contributed by atoms with Gasteiger partial charge < -0.3 is 10.2 Å². The maximum absolute atomic E-state index is 11.6. The van der Waals surface area contributed by atoms with Crippen LogP contribution in [-0.4, -0.2) is 46.4 Å². The zero-order valence-electron chi connectivity index (χ0n) is 14.2. The van der Waals surface area contributed by atoms with Crippen LogP contribution in [0, 0.1) is 0 Å². The maximum atomic E-state index is 11.6. The summed E-state index contributed by atoms with van der Waals surface area (Å²) >= 11 is 0. The molecule has 0 saturated carbocycles. The second-order valence-corrected chi connectivity index (χ2v) is 5.18. The van der Waals surface area contributed by atoms with Crippen molar-refractivity contribution in [3.63, 3.8) is 0 Å². The van der Waals surface area contributed by atoms with Crippen LogP contribution in [0.3, 0.4) is 0 Å². The molecule has 142 valence electrons. The summed E-state index contributed by atoms with van der Waals surface area (Å²) in [6.07, 6.45) is 2.17. The number of benzene rings is 2. The van der Waals surface area contributed by atoms with Crippen molar-refractivity contribution in [3.8, 4) is 0 Å². The van der Waals surface area contributed by atoms with E-state index in [4.69, 9.17) is 10.2 Å². The summed E-state index contributed by atoms with van der Waals surface area (Å²) in [7, 11) is 0. The lowest BCUT2D eigenvalue weighted by molar-refractivity contribution is -0.139. The van der Waals surface area contributed by atoms with Crippen LogP contribution in [0.25, 0.3) is 0 Å². The number of hydrogen-bond donors (Lipinski definition) is 4. The summed E-state index contributed by atoms with van der Waals surface area (Å²) < 4.78 is 0. The molecule has 10 heteroatoms. The van der Waals surface area contributed by atoms with Crippen molar-refractivity contribution in [1.29, 1.82) is 0 Å². The Hall–Kier alpha value is -4.34. The third-order valence-corrected chi connectivity index (χ3v) is 3.33. The molecule has 2 aromatic carbocycles. The first-order chi connectivity index (χ1) is 13.4. The third kappa shape index (κ3) is 5.33. The van der Waals surface area contributed by atoms with Gasteiger partial charge in [0.25, 0.3) is 0 Å². The monoisotopic (exact) mass is 382 g/mol. The molecule has 0 radical (unpaired) electrons. The van der Waals surface area contributed by atoms with Gasteiger partial charge in [0.15, 0.2) is 0 Å². The van der Waals surface area contributed by atoms with E-state index in [1.165, 1.54) is 36.4 Å². The van der Waals surface area contributed by atoms with Gasteiger partial charge in [-0.1, -0.05) is 36.4 Å². The SMILES string of the molecule is O=C(N/N=C\c1ccccc1C(=O)O)C(=O)N/N=C/c1ccccc1C(=O)O. The summed E-state index contributed by atoms with van der Waals surface area (Å²) in [5, 5.41) is 25.1. The fraction of sp³-hybridized carbons (Fsp3) is 0. The minimum atomic E-state index is -1.16. The smallest absolute Gasteiger partial charge is 0.336 e. The minimum Gasteiger partial charge on any atom is -0.478 e. The van der Waals surface area contributed by atoms with Crippen LogP contribution in [0.5, 0.6) is 0 Å². The number of carboxylic acid groups (broad SMARTS) is 2. The van der Waals surface area contributed by atoms with Gasteiger partial charge in [-0.2, -0.15) is 10.2 Å². The number of nitrogens with zero attached hydrogens (tertiary/aromatic N) is 2. The molecule has 0 fully saturated rings. The standard InChI is InChI=1S/C18H14N4O6/c23-15(21-19-9-11-5-1-3-7-13(11)17(25)26)16(24)22-20-10-12-6-2-4-8-14(12)18(27)28/h1-10H,(H,21,23)(H,22,24)(H,25,26)(H,27,28)/b19-9-,20-10+. The Morgan fingerprint density at radius 3 is 1.39 bits per heavy atom. The lowest BCUT2D eigenvalue weighted by Crippen LogP contribution is -2.35. The number of amides is 2. The molecule has 0 aliphatic heterocycles. The van der Waals surface area contributed by atoms with Crippen LogP contribution >= 0.6 is 0 Å². The molecule has 0 aliphatic carbocycles. The van der Waals surface area contributed by atoms with Gasteiger partial charge in [-0.05, 0) is 12.1 Å². The zero-order valence-corrected chi connectivity index (χ0v) is 14.2. The van der Waals surface area contributed by atoms with Crippen LogP contribution < -0.4 is 10.9 Å². The van der Waals surface area contributed by atoms with E-state index in [1.807, 2.05) is 10.9 Å². The fourth-order valence-electron chi connectivity index (χ4n) is 2.03. The van der Waals surface area contributed by atoms with Crippen molar-refractivity contribution in [2.24, 2.45) is 10.2 Å². The average Bonchev–Trinajstić information content (AvgIpc) is 2.68. The molecule has 4 N–H and O–H groups in total. The fourth-order valence-corrected chi connectivity index (χ4v) is 2.03. The van der Waals surface area contributed by atoms with Gasteiger partial charge in [-0.25, -0.2) is 20.4 Å². The van der Waals surface area contributed by atoms with E-state index in [9.17, 15) is 19.2 Å². The van der Waals surface area contributed by atoms with Gasteiger partial charge in [0, 0.05) is 11.1 Å². The van der Waals surface area contributed by atoms with Crippen molar-refractivity contribution >= 4 is 36.2 Å². The van der Waals surface area contributed by atoms with E-state index in [2.05, 4.69) is 10.2 Å². The quantitative estimate of drug-likeness (QED) is 0.327. The highest BCUT2D eigenvalue weighted by Gasteiger charge is 2.12. The second kappa shape index (κ2) is 9.38. The van der Waals surface area contributed by atoms with Crippen LogP contribution in [0.4, 0.5) is 0 Å². The Balaban J connectivity index is 1.95. The van der Waals surface area contributed by atoms with Crippen LogP contribution in [-0.2, 0) is 9.59 Å². The normalized spacial score (nSPS) is 10.7. The zero-order chi connectivity index (χ0) is 20.5. The predicted molar refractivity (Wildman–Crippen MR) is 98.3 cm³/mol. The molecule has 10 nitrogen and oxygen atoms in total. The Labute approximate surface area is 158 Å². The Kier molecular flexibility index (Phi) is 6.69. The van der Waals surface area contributed by atoms with Crippen molar-refractivity contribution < 1.29 is 29.4 Å². The minimum absolute atomic E-state index is 0.0216. The molecular weight excluding hydrogens is 368 g/mol. The molecule has 2 amide bonds. The summed E-state index contributed by atoms with van der Waals surface area (Å²) in [5.41, 5.74) is 4.29. The van der Waals surface area contributed by atoms with E-state index in [0.29, 0.717) is 0 Å². The van der Waals surface area contributed by atoms with Crippen LogP contribution in [0.2, 0.25) is 0 Å². The van der Waals surface area contributed by atoms with E-state index in [1.54, 1.807) is 12.1 Å². The lowest BCUT2D eigenvalue weighted by atomic mass is 10.1. The molecule has 2 rings (SSSR count). The largest absolute Gasteiger partial charge is 0.478 e. The highest BCUT2D eigenvalue weighted by Crippen LogP contribution is 2.06. The molecule has 0 heterocycles. The summed E-state index contributed by atoms with van der Waals surface area (Å²) in [6, 6.07) is 11.9. The molecule has 2 aromatic rings. The Bertz CT molecular complexity index is 904. The van der Waals surface area contributed by atoms with E-state index >= 15 is 0 Å². The van der Waals surface area contributed by atoms with Crippen molar-refractivity contribution in [1.82, 2.24) is 10.9 Å². The number of carbonyl (C=O) groups is 4. The van der Waals surface area contributed by atoms with Crippen molar-refractivity contribution in [2.75, 3.05) is 0 Å². The topological polar surface area (TPSA) is 158 Å². The molecular formula is C18H14N4O6. The first-order valence-corrected chi connectivity index (χ1v) is 7.71. The number of hydrogen-bond acceptors (Lipinski definition) is 6. The molecule has 28 heavy (non-hydrogen) atoms. The van der Waals surface area contributed by atoms with Gasteiger partial charge in [0.05, 0.1) is 23.6 Å². The number of nitrogens with one attached hydrogen (secondary N) is 2. The van der Waals surface area contributed by atoms with Gasteiger partial charge in [-0.15, -0.1) is 0 Å². The predicted octanol–water partition coefficient (Wildman–Crippen LogP) is 0.683. The van der Waals surface area contributed by atoms with E-state index in [-0.39, 0.29) is 22.3 Å².